The Balaban J connectivity index is 2.05. The number of benzene rings is 2. The Labute approximate surface area is 153 Å². The second-order valence-electron chi connectivity index (χ2n) is 5.28. The third kappa shape index (κ3) is 3.46. The van der Waals surface area contributed by atoms with Gasteiger partial charge in [-0.15, -0.1) is 11.3 Å². The fourth-order valence-corrected chi connectivity index (χ4v) is 3.76. The lowest BCUT2D eigenvalue weighted by Gasteiger charge is -2.04. The molecule has 0 spiro atoms. The van der Waals surface area contributed by atoms with Crippen LogP contribution in [0.25, 0.3) is 11.3 Å². The van der Waals surface area contributed by atoms with Crippen molar-refractivity contribution in [2.24, 2.45) is 12.0 Å². The van der Waals surface area contributed by atoms with Crippen LogP contribution in [-0.4, -0.2) is 10.5 Å². The normalized spacial score (nSPS) is 11.8. The zero-order valence-corrected chi connectivity index (χ0v) is 15.4. The minimum absolute atomic E-state index is 0.308. The topological polar surface area (TPSA) is 34.4 Å². The number of nitrogens with zero attached hydrogens (tertiary/aromatic N) is 2. The molecular weight excluding hydrogens is 363 g/mol. The molecule has 0 aliphatic heterocycles. The van der Waals surface area contributed by atoms with Gasteiger partial charge >= 0.3 is 0 Å². The van der Waals surface area contributed by atoms with Crippen LogP contribution in [0.15, 0.2) is 53.5 Å². The van der Waals surface area contributed by atoms with Gasteiger partial charge in [0.25, 0.3) is 5.91 Å². The molecule has 6 heteroatoms. The maximum Gasteiger partial charge on any atom is 0.279 e. The van der Waals surface area contributed by atoms with Gasteiger partial charge in [0, 0.05) is 27.5 Å². The van der Waals surface area contributed by atoms with E-state index in [1.54, 1.807) is 24.3 Å². The van der Waals surface area contributed by atoms with Gasteiger partial charge in [0.15, 0.2) is 4.80 Å². The SMILES string of the molecule is Cc1sc(=NC(=O)c2cccc(Cl)c2)n(C)c1-c1ccc(Cl)cc1. The standard InChI is InChI=1S/C18H14Cl2N2OS/c1-11-16(12-6-8-14(19)9-7-12)22(2)18(24-11)21-17(23)13-4-3-5-15(20)10-13/h3-10H,1-2H3. The van der Waals surface area contributed by atoms with Crippen LogP contribution < -0.4 is 4.80 Å². The van der Waals surface area contributed by atoms with E-state index in [-0.39, 0.29) is 5.91 Å². The molecule has 0 fully saturated rings. The molecule has 3 nitrogen and oxygen atoms in total. The van der Waals surface area contributed by atoms with Crippen LogP contribution in [0.1, 0.15) is 15.2 Å². The fourth-order valence-electron chi connectivity index (χ4n) is 2.46. The van der Waals surface area contributed by atoms with Crippen molar-refractivity contribution in [3.05, 3.63) is 73.8 Å². The van der Waals surface area contributed by atoms with Crippen molar-refractivity contribution >= 4 is 40.4 Å². The minimum atomic E-state index is -0.308. The van der Waals surface area contributed by atoms with E-state index in [4.69, 9.17) is 23.2 Å². The van der Waals surface area contributed by atoms with Gasteiger partial charge in [-0.3, -0.25) is 4.79 Å². The molecule has 2 aromatic carbocycles. The predicted molar refractivity (Wildman–Crippen MR) is 99.8 cm³/mol. The highest BCUT2D eigenvalue weighted by Crippen LogP contribution is 2.25. The fraction of sp³-hybridized carbons (Fsp3) is 0.111. The monoisotopic (exact) mass is 376 g/mol. The number of carbonyl (C=O) groups excluding carboxylic acids is 1. The summed E-state index contributed by atoms with van der Waals surface area (Å²) in [6.45, 7) is 2.01. The van der Waals surface area contributed by atoms with Crippen molar-refractivity contribution in [2.75, 3.05) is 0 Å². The average molecular weight is 377 g/mol. The molecule has 0 atom stereocenters. The Morgan fingerprint density at radius 3 is 2.46 bits per heavy atom. The molecule has 0 radical (unpaired) electrons. The van der Waals surface area contributed by atoms with Gasteiger partial charge in [-0.25, -0.2) is 0 Å². The van der Waals surface area contributed by atoms with Crippen LogP contribution in [0, 0.1) is 6.92 Å². The highest BCUT2D eigenvalue weighted by atomic mass is 35.5. The van der Waals surface area contributed by atoms with Crippen molar-refractivity contribution < 1.29 is 4.79 Å². The second-order valence-corrected chi connectivity index (χ2v) is 7.34. The number of rotatable bonds is 2. The average Bonchev–Trinajstić information content (AvgIpc) is 2.82. The van der Waals surface area contributed by atoms with Crippen LogP contribution in [0.2, 0.25) is 10.0 Å². The Hall–Kier alpha value is -1.88. The Morgan fingerprint density at radius 1 is 1.08 bits per heavy atom. The molecule has 0 saturated heterocycles. The second kappa shape index (κ2) is 6.93. The first kappa shape index (κ1) is 17.0. The molecule has 0 bridgehead atoms. The smallest absolute Gasteiger partial charge is 0.279 e. The first-order chi connectivity index (χ1) is 11.5. The number of aromatic nitrogens is 1. The Morgan fingerprint density at radius 2 is 1.79 bits per heavy atom. The lowest BCUT2D eigenvalue weighted by Crippen LogP contribution is -2.14. The summed E-state index contributed by atoms with van der Waals surface area (Å²) in [4.78, 5) is 18.3. The first-order valence-electron chi connectivity index (χ1n) is 7.22. The van der Waals surface area contributed by atoms with E-state index in [9.17, 15) is 4.79 Å². The molecule has 0 unspecified atom stereocenters. The van der Waals surface area contributed by atoms with Gasteiger partial charge in [-0.2, -0.15) is 4.99 Å². The summed E-state index contributed by atoms with van der Waals surface area (Å²) < 4.78 is 1.92. The van der Waals surface area contributed by atoms with E-state index < -0.39 is 0 Å². The summed E-state index contributed by atoms with van der Waals surface area (Å²) in [6.07, 6.45) is 0. The third-order valence-corrected chi connectivity index (χ3v) is 5.12. The van der Waals surface area contributed by atoms with Gasteiger partial charge in [0.05, 0.1) is 5.69 Å². The van der Waals surface area contributed by atoms with Gasteiger partial charge in [-0.05, 0) is 42.8 Å². The lowest BCUT2D eigenvalue weighted by molar-refractivity contribution is 0.0998. The molecule has 0 N–H and O–H groups in total. The Bertz CT molecular complexity index is 971. The van der Waals surface area contributed by atoms with Crippen LogP contribution in [0.3, 0.4) is 0 Å². The maximum atomic E-state index is 12.4. The van der Waals surface area contributed by atoms with Gasteiger partial charge < -0.3 is 4.57 Å². The number of carbonyl (C=O) groups is 1. The number of hydrogen-bond donors (Lipinski definition) is 0. The van der Waals surface area contributed by atoms with E-state index in [0.717, 1.165) is 16.1 Å². The highest BCUT2D eigenvalue weighted by Gasteiger charge is 2.12. The van der Waals surface area contributed by atoms with Gasteiger partial charge in [-0.1, -0.05) is 41.4 Å². The number of hydrogen-bond acceptors (Lipinski definition) is 2. The quantitative estimate of drug-likeness (QED) is 0.611. The van der Waals surface area contributed by atoms with Crippen LogP contribution in [0.5, 0.6) is 0 Å². The number of aryl methyl sites for hydroxylation is 1. The number of halogens is 2. The summed E-state index contributed by atoms with van der Waals surface area (Å²) in [5.41, 5.74) is 2.53. The van der Waals surface area contributed by atoms with Gasteiger partial charge in [0.1, 0.15) is 0 Å². The van der Waals surface area contributed by atoms with E-state index in [1.165, 1.54) is 11.3 Å². The maximum absolute atomic E-state index is 12.4. The van der Waals surface area contributed by atoms with Crippen molar-refractivity contribution in [2.45, 2.75) is 6.92 Å². The molecule has 0 saturated carbocycles. The molecule has 122 valence electrons. The minimum Gasteiger partial charge on any atom is -0.319 e. The molecule has 1 aromatic heterocycles. The summed E-state index contributed by atoms with van der Waals surface area (Å²) in [6, 6.07) is 14.4. The van der Waals surface area contributed by atoms with Crippen LogP contribution >= 0.6 is 34.5 Å². The molecule has 1 heterocycles. The van der Waals surface area contributed by atoms with E-state index >= 15 is 0 Å². The van der Waals surface area contributed by atoms with E-state index in [0.29, 0.717) is 20.4 Å². The van der Waals surface area contributed by atoms with E-state index in [1.807, 2.05) is 42.8 Å². The molecule has 24 heavy (non-hydrogen) atoms. The molecule has 1 amide bonds. The summed E-state index contributed by atoms with van der Waals surface area (Å²) in [5, 5.41) is 1.21. The molecular formula is C18H14Cl2N2OS. The first-order valence-corrected chi connectivity index (χ1v) is 8.80. The summed E-state index contributed by atoms with van der Waals surface area (Å²) >= 11 is 13.4. The number of thiazole rings is 1. The molecule has 3 rings (SSSR count). The van der Waals surface area contributed by atoms with Crippen molar-refractivity contribution in [3.63, 3.8) is 0 Å². The lowest BCUT2D eigenvalue weighted by atomic mass is 10.1. The van der Waals surface area contributed by atoms with Crippen molar-refractivity contribution in [1.29, 1.82) is 0 Å². The van der Waals surface area contributed by atoms with E-state index in [2.05, 4.69) is 4.99 Å². The van der Waals surface area contributed by atoms with Crippen molar-refractivity contribution in [1.82, 2.24) is 4.57 Å². The highest BCUT2D eigenvalue weighted by molar-refractivity contribution is 7.09. The largest absolute Gasteiger partial charge is 0.319 e. The Kier molecular flexibility index (Phi) is 4.90. The molecule has 3 aromatic rings. The summed E-state index contributed by atoms with van der Waals surface area (Å²) in [5.74, 6) is -0.308. The zero-order valence-electron chi connectivity index (χ0n) is 13.1. The van der Waals surface area contributed by atoms with Crippen LogP contribution in [-0.2, 0) is 7.05 Å². The molecule has 0 aliphatic carbocycles. The van der Waals surface area contributed by atoms with Gasteiger partial charge in [0.2, 0.25) is 0 Å². The summed E-state index contributed by atoms with van der Waals surface area (Å²) in [7, 11) is 1.90. The van der Waals surface area contributed by atoms with Crippen LogP contribution in [0.4, 0.5) is 0 Å². The predicted octanol–water partition coefficient (Wildman–Crippen LogP) is 5.11. The zero-order chi connectivity index (χ0) is 17.3. The molecule has 0 aliphatic rings. The number of amides is 1. The third-order valence-electron chi connectivity index (χ3n) is 3.59. The van der Waals surface area contributed by atoms with Crippen molar-refractivity contribution in [3.8, 4) is 11.3 Å².